The van der Waals surface area contributed by atoms with Gasteiger partial charge in [-0.3, -0.25) is 18.5 Å². The van der Waals surface area contributed by atoms with E-state index in [9.17, 15) is 22.8 Å². The fourth-order valence-corrected chi connectivity index (χ4v) is 4.67. The average molecular weight is 525 g/mol. The molecule has 1 aromatic heterocycles. The molecule has 2 saturated heterocycles. The summed E-state index contributed by atoms with van der Waals surface area (Å²) in [5, 5.41) is 0. The maximum Gasteiger partial charge on any atom is 0.338 e. The Morgan fingerprint density at radius 3 is 2.42 bits per heavy atom. The van der Waals surface area contributed by atoms with Gasteiger partial charge in [0.1, 0.15) is 31.5 Å². The minimum absolute atomic E-state index is 0.168. The topological polar surface area (TPSA) is 152 Å². The molecule has 2 aliphatic heterocycles. The summed E-state index contributed by atoms with van der Waals surface area (Å²) >= 11 is 0. The van der Waals surface area contributed by atoms with E-state index in [0.717, 1.165) is 16.4 Å². The van der Waals surface area contributed by atoms with Crippen LogP contribution >= 0.6 is 0 Å². The highest BCUT2D eigenvalue weighted by Gasteiger charge is 2.65. The molecular formula is C23H28N2O10S. The van der Waals surface area contributed by atoms with Crippen molar-refractivity contribution in [3.05, 3.63) is 68.0 Å². The zero-order chi connectivity index (χ0) is 26.5. The van der Waals surface area contributed by atoms with E-state index in [2.05, 4.69) is 4.98 Å². The first-order valence-electron chi connectivity index (χ1n) is 11.2. The molecule has 1 N–H and O–H groups in total. The van der Waals surface area contributed by atoms with Gasteiger partial charge >= 0.3 is 11.7 Å². The van der Waals surface area contributed by atoms with Crippen LogP contribution in [-0.2, 0) is 39.0 Å². The molecule has 0 amide bonds. The summed E-state index contributed by atoms with van der Waals surface area (Å²) in [5.74, 6) is -1.74. The number of aryl methyl sites for hydroxylation is 2. The van der Waals surface area contributed by atoms with E-state index in [1.54, 1.807) is 38.1 Å². The van der Waals surface area contributed by atoms with Crippen molar-refractivity contribution in [3.63, 3.8) is 0 Å². The minimum atomic E-state index is -3.98. The van der Waals surface area contributed by atoms with E-state index in [1.165, 1.54) is 13.1 Å². The molecule has 0 bridgehead atoms. The lowest BCUT2D eigenvalue weighted by Gasteiger charge is -2.35. The molecule has 196 valence electrons. The van der Waals surface area contributed by atoms with E-state index in [1.807, 2.05) is 6.92 Å². The fourth-order valence-electron chi connectivity index (χ4n) is 4.28. The van der Waals surface area contributed by atoms with Crippen LogP contribution in [0.15, 0.2) is 40.1 Å². The fraction of sp³-hybridized carbons (Fsp3) is 0.522. The monoisotopic (exact) mass is 524 g/mol. The number of rotatable bonds is 7. The summed E-state index contributed by atoms with van der Waals surface area (Å²) in [6, 6.07) is 6.80. The van der Waals surface area contributed by atoms with E-state index in [4.69, 9.17) is 23.1 Å². The number of hydrogen-bond donors (Lipinski definition) is 1. The molecule has 0 saturated carbocycles. The summed E-state index contributed by atoms with van der Waals surface area (Å²) in [5.41, 5.74) is -1.87. The average Bonchev–Trinajstić information content (AvgIpc) is 3.25. The van der Waals surface area contributed by atoms with Crippen molar-refractivity contribution in [1.82, 2.24) is 9.55 Å². The summed E-state index contributed by atoms with van der Waals surface area (Å²) in [4.78, 5) is 39.7. The second kappa shape index (κ2) is 9.23. The number of H-pyrrole nitrogens is 1. The first-order chi connectivity index (χ1) is 16.7. The molecule has 4 atom stereocenters. The molecule has 2 aliphatic rings. The van der Waals surface area contributed by atoms with Gasteiger partial charge in [0, 0.05) is 11.8 Å². The summed E-state index contributed by atoms with van der Waals surface area (Å²) in [6.45, 7) is 5.70. The SMILES string of the molecule is Cc1ccc(C(=O)OC[C@H]2O[C@@](COS(C)(=O)=O)(n3cc(C)c(=O)[nH]c3=O)[C@@H]3OC(C)(C)O[C@@H]32)cc1. The van der Waals surface area contributed by atoms with Crippen molar-refractivity contribution in [2.24, 2.45) is 0 Å². The number of fused-ring (bicyclic) bond motifs is 1. The highest BCUT2D eigenvalue weighted by atomic mass is 32.2. The number of hydrogen-bond acceptors (Lipinski definition) is 10. The molecular weight excluding hydrogens is 496 g/mol. The van der Waals surface area contributed by atoms with Crippen LogP contribution in [0.1, 0.15) is 35.3 Å². The van der Waals surface area contributed by atoms with E-state index in [-0.39, 0.29) is 12.2 Å². The summed E-state index contributed by atoms with van der Waals surface area (Å²) < 4.78 is 53.6. The maximum absolute atomic E-state index is 12.9. The third-order valence-electron chi connectivity index (χ3n) is 5.97. The lowest BCUT2D eigenvalue weighted by atomic mass is 10.0. The van der Waals surface area contributed by atoms with Crippen LogP contribution in [0.4, 0.5) is 0 Å². The minimum Gasteiger partial charge on any atom is -0.459 e. The van der Waals surface area contributed by atoms with Gasteiger partial charge in [-0.25, -0.2) is 9.59 Å². The van der Waals surface area contributed by atoms with E-state index < -0.39 is 63.8 Å². The molecule has 0 radical (unpaired) electrons. The van der Waals surface area contributed by atoms with Gasteiger partial charge in [0.25, 0.3) is 15.7 Å². The third-order valence-corrected chi connectivity index (χ3v) is 6.52. The number of carbonyl (C=O) groups excluding carboxylic acids is 1. The Labute approximate surface area is 207 Å². The number of benzene rings is 1. The largest absolute Gasteiger partial charge is 0.459 e. The van der Waals surface area contributed by atoms with Crippen molar-refractivity contribution in [1.29, 1.82) is 0 Å². The van der Waals surface area contributed by atoms with Crippen molar-refractivity contribution in [2.75, 3.05) is 19.5 Å². The second-order valence-electron chi connectivity index (χ2n) is 9.39. The molecule has 2 fully saturated rings. The molecule has 0 unspecified atom stereocenters. The first kappa shape index (κ1) is 26.2. The second-order valence-corrected chi connectivity index (χ2v) is 11.0. The number of aromatic nitrogens is 2. The molecule has 0 spiro atoms. The smallest absolute Gasteiger partial charge is 0.338 e. The molecule has 12 nitrogen and oxygen atoms in total. The number of esters is 1. The Balaban J connectivity index is 1.72. The van der Waals surface area contributed by atoms with Gasteiger partial charge in [0.2, 0.25) is 5.72 Å². The highest BCUT2D eigenvalue weighted by molar-refractivity contribution is 7.85. The number of ether oxygens (including phenoxy) is 4. The number of carbonyl (C=O) groups is 1. The van der Waals surface area contributed by atoms with Crippen LogP contribution in [-0.4, -0.2) is 67.5 Å². The van der Waals surface area contributed by atoms with Gasteiger partial charge in [-0.2, -0.15) is 8.42 Å². The molecule has 0 aliphatic carbocycles. The van der Waals surface area contributed by atoms with Crippen molar-refractivity contribution in [2.45, 2.75) is 57.5 Å². The molecule has 36 heavy (non-hydrogen) atoms. The zero-order valence-electron chi connectivity index (χ0n) is 20.5. The van der Waals surface area contributed by atoms with Crippen molar-refractivity contribution in [3.8, 4) is 0 Å². The Kier molecular flexibility index (Phi) is 6.73. The van der Waals surface area contributed by atoms with Crippen LogP contribution in [0.2, 0.25) is 0 Å². The molecule has 1 aromatic carbocycles. The van der Waals surface area contributed by atoms with E-state index >= 15 is 0 Å². The quantitative estimate of drug-likeness (QED) is 0.402. The Morgan fingerprint density at radius 1 is 1.11 bits per heavy atom. The standard InChI is InChI=1S/C23H28N2O10S/c1-13-6-8-15(9-7-13)20(27)31-11-16-17-18(35-22(3,4)34-17)23(33-16,12-32-36(5,29)30)25-10-14(2)19(26)24-21(25)28/h6-10,16-18H,11-12H2,1-5H3,(H,24,26,28)/t16-,17-,18-,23-/m1/s1. The van der Waals surface area contributed by atoms with Gasteiger partial charge < -0.3 is 18.9 Å². The highest BCUT2D eigenvalue weighted by Crippen LogP contribution is 2.46. The number of nitrogens with one attached hydrogen (secondary N) is 1. The van der Waals surface area contributed by atoms with Crippen molar-refractivity contribution >= 4 is 16.1 Å². The molecule has 13 heteroatoms. The summed E-state index contributed by atoms with van der Waals surface area (Å²) in [6.07, 6.45) is -0.800. The number of aromatic amines is 1. The van der Waals surface area contributed by atoms with Crippen LogP contribution in [0.25, 0.3) is 0 Å². The molecule has 3 heterocycles. The van der Waals surface area contributed by atoms with Crippen LogP contribution < -0.4 is 11.2 Å². The Bertz CT molecular complexity index is 1380. The Morgan fingerprint density at radius 2 is 1.78 bits per heavy atom. The van der Waals surface area contributed by atoms with Crippen molar-refractivity contribution < 1.29 is 36.3 Å². The van der Waals surface area contributed by atoms with Gasteiger partial charge in [-0.05, 0) is 39.8 Å². The predicted octanol–water partition coefficient (Wildman–Crippen LogP) is 0.558. The van der Waals surface area contributed by atoms with Gasteiger partial charge in [-0.1, -0.05) is 17.7 Å². The molecule has 2 aromatic rings. The van der Waals surface area contributed by atoms with E-state index in [0.29, 0.717) is 5.56 Å². The number of nitrogens with zero attached hydrogens (tertiary/aromatic N) is 1. The predicted molar refractivity (Wildman–Crippen MR) is 125 cm³/mol. The normalized spacial score (nSPS) is 27.1. The van der Waals surface area contributed by atoms with Gasteiger partial charge in [0.05, 0.1) is 11.8 Å². The zero-order valence-corrected chi connectivity index (χ0v) is 21.3. The van der Waals surface area contributed by atoms with Crippen LogP contribution in [0, 0.1) is 13.8 Å². The summed E-state index contributed by atoms with van der Waals surface area (Å²) in [7, 11) is -3.98. The lowest BCUT2D eigenvalue weighted by Crippen LogP contribution is -2.55. The van der Waals surface area contributed by atoms with Gasteiger partial charge in [0.15, 0.2) is 5.79 Å². The van der Waals surface area contributed by atoms with Gasteiger partial charge in [-0.15, -0.1) is 0 Å². The maximum atomic E-state index is 12.9. The lowest BCUT2D eigenvalue weighted by molar-refractivity contribution is -0.242. The first-order valence-corrected chi connectivity index (χ1v) is 13.0. The molecule has 4 rings (SSSR count). The van der Waals surface area contributed by atoms with Crippen LogP contribution in [0.5, 0.6) is 0 Å². The van der Waals surface area contributed by atoms with Crippen LogP contribution in [0.3, 0.4) is 0 Å². The Hall–Kier alpha value is -2.84. The third kappa shape index (κ3) is 5.15.